The van der Waals surface area contributed by atoms with E-state index in [0.717, 1.165) is 50.4 Å². The number of carbonyl (C=O) groups excluding carboxylic acids is 1. The van der Waals surface area contributed by atoms with Gasteiger partial charge in [0, 0.05) is 12.3 Å². The van der Waals surface area contributed by atoms with E-state index in [4.69, 9.17) is 9.47 Å². The highest BCUT2D eigenvalue weighted by atomic mass is 16.5. The molecule has 0 bridgehead atoms. The summed E-state index contributed by atoms with van der Waals surface area (Å²) in [7, 11) is 0. The molecule has 0 saturated heterocycles. The number of benzene rings is 1. The van der Waals surface area contributed by atoms with E-state index in [1.54, 1.807) is 0 Å². The molecule has 1 aromatic rings. The SMILES string of the molecule is CCCCCCCCCCCC(=O)OC1CCCCC1c1cccc(OCC2CC2)c1. The summed E-state index contributed by atoms with van der Waals surface area (Å²) < 4.78 is 12.0. The summed E-state index contributed by atoms with van der Waals surface area (Å²) in [6.07, 6.45) is 19.1. The summed E-state index contributed by atoms with van der Waals surface area (Å²) in [5, 5.41) is 0. The molecule has 0 N–H and O–H groups in total. The Kier molecular flexibility index (Phi) is 10.8. The van der Waals surface area contributed by atoms with Crippen molar-refractivity contribution >= 4 is 5.97 Å². The van der Waals surface area contributed by atoms with Crippen molar-refractivity contribution in [2.24, 2.45) is 5.92 Å². The van der Waals surface area contributed by atoms with Gasteiger partial charge in [0.15, 0.2) is 0 Å². The van der Waals surface area contributed by atoms with Gasteiger partial charge in [0.1, 0.15) is 11.9 Å². The minimum Gasteiger partial charge on any atom is -0.493 e. The Labute approximate surface area is 190 Å². The Bertz CT molecular complexity index is 637. The third kappa shape index (κ3) is 9.25. The fourth-order valence-electron chi connectivity index (χ4n) is 4.76. The van der Waals surface area contributed by atoms with E-state index >= 15 is 0 Å². The van der Waals surface area contributed by atoms with E-state index in [0.29, 0.717) is 12.3 Å². The van der Waals surface area contributed by atoms with E-state index < -0.39 is 0 Å². The fourth-order valence-corrected chi connectivity index (χ4v) is 4.76. The second-order valence-corrected chi connectivity index (χ2v) is 9.82. The van der Waals surface area contributed by atoms with Gasteiger partial charge in [0.25, 0.3) is 0 Å². The fraction of sp³-hybridized carbons (Fsp3) is 0.750. The highest BCUT2D eigenvalue weighted by molar-refractivity contribution is 5.69. The Hall–Kier alpha value is -1.51. The molecule has 0 amide bonds. The standard InChI is InChI=1S/C28H44O3/c1-2-3-4-5-6-7-8-9-10-18-28(29)31-27-17-12-11-16-26(27)24-14-13-15-25(21-24)30-22-23-19-20-23/h13-15,21,23,26-27H,2-12,16-20,22H2,1H3. The summed E-state index contributed by atoms with van der Waals surface area (Å²) >= 11 is 0. The Balaban J connectivity index is 1.37. The lowest BCUT2D eigenvalue weighted by Gasteiger charge is -2.31. The number of unbranched alkanes of at least 4 members (excludes halogenated alkanes) is 8. The van der Waals surface area contributed by atoms with E-state index in [1.165, 1.54) is 69.8 Å². The molecule has 2 saturated carbocycles. The maximum absolute atomic E-state index is 12.5. The average molecular weight is 429 g/mol. The van der Waals surface area contributed by atoms with Crippen LogP contribution in [0.15, 0.2) is 24.3 Å². The van der Waals surface area contributed by atoms with Crippen molar-refractivity contribution in [1.29, 1.82) is 0 Å². The molecule has 1 aromatic carbocycles. The number of carbonyl (C=O) groups is 1. The number of ether oxygens (including phenoxy) is 2. The zero-order valence-corrected chi connectivity index (χ0v) is 19.8. The summed E-state index contributed by atoms with van der Waals surface area (Å²) in [6.45, 7) is 3.10. The van der Waals surface area contributed by atoms with Gasteiger partial charge in [-0.15, -0.1) is 0 Å². The third-order valence-electron chi connectivity index (χ3n) is 6.94. The van der Waals surface area contributed by atoms with Crippen molar-refractivity contribution in [2.45, 2.75) is 122 Å². The molecule has 31 heavy (non-hydrogen) atoms. The topological polar surface area (TPSA) is 35.5 Å². The molecule has 2 unspecified atom stereocenters. The van der Waals surface area contributed by atoms with Crippen LogP contribution >= 0.6 is 0 Å². The molecule has 3 heteroatoms. The van der Waals surface area contributed by atoms with E-state index in [9.17, 15) is 4.79 Å². The van der Waals surface area contributed by atoms with Crippen LogP contribution in [-0.4, -0.2) is 18.7 Å². The minimum atomic E-state index is 0.000911. The Morgan fingerprint density at radius 2 is 1.61 bits per heavy atom. The molecule has 2 aliphatic rings. The summed E-state index contributed by atoms with van der Waals surface area (Å²) in [4.78, 5) is 12.5. The van der Waals surface area contributed by atoms with Crippen LogP contribution in [0.3, 0.4) is 0 Å². The lowest BCUT2D eigenvalue weighted by molar-refractivity contribution is -0.151. The summed E-state index contributed by atoms with van der Waals surface area (Å²) in [6, 6.07) is 8.51. The van der Waals surface area contributed by atoms with Gasteiger partial charge < -0.3 is 9.47 Å². The molecule has 2 fully saturated rings. The number of hydrogen-bond donors (Lipinski definition) is 0. The number of esters is 1. The van der Waals surface area contributed by atoms with Crippen LogP contribution in [0.1, 0.15) is 121 Å². The van der Waals surface area contributed by atoms with Gasteiger partial charge in [0.05, 0.1) is 6.61 Å². The smallest absolute Gasteiger partial charge is 0.306 e. The Morgan fingerprint density at radius 3 is 2.35 bits per heavy atom. The van der Waals surface area contributed by atoms with Crippen molar-refractivity contribution in [3.63, 3.8) is 0 Å². The monoisotopic (exact) mass is 428 g/mol. The van der Waals surface area contributed by atoms with E-state index in [1.807, 2.05) is 0 Å². The van der Waals surface area contributed by atoms with Crippen LogP contribution in [0.4, 0.5) is 0 Å². The highest BCUT2D eigenvalue weighted by Gasteiger charge is 2.30. The predicted octanol–water partition coefficient (Wildman–Crippen LogP) is 7.97. The average Bonchev–Trinajstić information content (AvgIpc) is 3.62. The molecule has 0 aliphatic heterocycles. The number of hydrogen-bond acceptors (Lipinski definition) is 3. The van der Waals surface area contributed by atoms with Gasteiger partial charge in [0.2, 0.25) is 0 Å². The normalized spacial score (nSPS) is 21.1. The maximum Gasteiger partial charge on any atom is 0.306 e. The second-order valence-electron chi connectivity index (χ2n) is 9.82. The number of rotatable bonds is 15. The van der Waals surface area contributed by atoms with Crippen molar-refractivity contribution in [2.75, 3.05) is 6.61 Å². The van der Waals surface area contributed by atoms with Crippen molar-refractivity contribution < 1.29 is 14.3 Å². The van der Waals surface area contributed by atoms with Gasteiger partial charge in [-0.25, -0.2) is 0 Å². The summed E-state index contributed by atoms with van der Waals surface area (Å²) in [5.74, 6) is 2.04. The first kappa shape index (κ1) is 24.1. The van der Waals surface area contributed by atoms with Crippen LogP contribution in [0.5, 0.6) is 5.75 Å². The zero-order valence-electron chi connectivity index (χ0n) is 19.8. The minimum absolute atomic E-state index is 0.000911. The second kappa shape index (κ2) is 13.8. The van der Waals surface area contributed by atoms with Crippen LogP contribution in [-0.2, 0) is 9.53 Å². The van der Waals surface area contributed by atoms with Crippen LogP contribution in [0.2, 0.25) is 0 Å². The van der Waals surface area contributed by atoms with Crippen molar-refractivity contribution in [3.8, 4) is 5.75 Å². The van der Waals surface area contributed by atoms with Crippen LogP contribution in [0.25, 0.3) is 0 Å². The molecule has 0 spiro atoms. The zero-order chi connectivity index (χ0) is 21.7. The molecule has 174 valence electrons. The quantitative estimate of drug-likeness (QED) is 0.210. The van der Waals surface area contributed by atoms with Gasteiger partial charge in [-0.05, 0) is 62.1 Å². The molecular formula is C28H44O3. The molecule has 0 heterocycles. The predicted molar refractivity (Wildman–Crippen MR) is 128 cm³/mol. The first-order chi connectivity index (χ1) is 15.3. The van der Waals surface area contributed by atoms with Gasteiger partial charge in [-0.1, -0.05) is 76.8 Å². The van der Waals surface area contributed by atoms with Crippen molar-refractivity contribution in [1.82, 2.24) is 0 Å². The molecular weight excluding hydrogens is 384 g/mol. The lowest BCUT2D eigenvalue weighted by atomic mass is 9.81. The van der Waals surface area contributed by atoms with Crippen molar-refractivity contribution in [3.05, 3.63) is 29.8 Å². The molecule has 3 rings (SSSR count). The Morgan fingerprint density at radius 1 is 0.903 bits per heavy atom. The molecule has 0 aromatic heterocycles. The van der Waals surface area contributed by atoms with Crippen LogP contribution < -0.4 is 4.74 Å². The third-order valence-corrected chi connectivity index (χ3v) is 6.94. The van der Waals surface area contributed by atoms with Gasteiger partial charge in [-0.2, -0.15) is 0 Å². The maximum atomic E-state index is 12.5. The highest BCUT2D eigenvalue weighted by Crippen LogP contribution is 2.37. The summed E-state index contributed by atoms with van der Waals surface area (Å²) in [5.41, 5.74) is 1.27. The molecule has 2 atom stereocenters. The van der Waals surface area contributed by atoms with E-state index in [2.05, 4.69) is 31.2 Å². The lowest BCUT2D eigenvalue weighted by Crippen LogP contribution is -2.28. The molecule has 0 radical (unpaired) electrons. The first-order valence-electron chi connectivity index (χ1n) is 13.2. The largest absolute Gasteiger partial charge is 0.493 e. The van der Waals surface area contributed by atoms with Gasteiger partial charge in [-0.3, -0.25) is 4.79 Å². The van der Waals surface area contributed by atoms with Gasteiger partial charge >= 0.3 is 5.97 Å². The molecule has 3 nitrogen and oxygen atoms in total. The van der Waals surface area contributed by atoms with Crippen LogP contribution in [0, 0.1) is 5.92 Å². The molecule has 2 aliphatic carbocycles. The first-order valence-corrected chi connectivity index (χ1v) is 13.2. The van der Waals surface area contributed by atoms with E-state index in [-0.39, 0.29) is 12.1 Å².